The number of nitrogens with zero attached hydrogens (tertiary/aromatic N) is 2. The molecule has 2 aliphatic rings. The number of rotatable bonds is 3. The van der Waals surface area contributed by atoms with Gasteiger partial charge >= 0.3 is 0 Å². The van der Waals surface area contributed by atoms with E-state index in [0.717, 1.165) is 25.7 Å². The highest BCUT2D eigenvalue weighted by Crippen LogP contribution is 2.37. The number of piperidine rings is 2. The highest BCUT2D eigenvalue weighted by Gasteiger charge is 2.39. The van der Waals surface area contributed by atoms with Gasteiger partial charge in [0.1, 0.15) is 5.82 Å². The van der Waals surface area contributed by atoms with Crippen molar-refractivity contribution >= 4 is 5.78 Å². The summed E-state index contributed by atoms with van der Waals surface area (Å²) in [5.41, 5.74) is 0.811. The summed E-state index contributed by atoms with van der Waals surface area (Å²) >= 11 is 0. The number of carbonyl (C=O) groups is 1. The third kappa shape index (κ3) is 2.78. The summed E-state index contributed by atoms with van der Waals surface area (Å²) in [6.45, 7) is 0. The Labute approximate surface area is 130 Å². The number of fused-ring (bicyclic) bond motifs is 2. The Morgan fingerprint density at radius 3 is 2.64 bits per heavy atom. The number of ketones is 1. The molecule has 116 valence electrons. The van der Waals surface area contributed by atoms with Crippen LogP contribution in [0.4, 0.5) is 4.39 Å². The van der Waals surface area contributed by atoms with Crippen LogP contribution in [-0.2, 0) is 6.42 Å². The molecule has 0 amide bonds. The predicted molar refractivity (Wildman–Crippen MR) is 82.0 cm³/mol. The second kappa shape index (κ2) is 6.18. The molecule has 0 aliphatic carbocycles. The standard InChI is InChI=1S/C18H21FN2O/c1-21-14-3-2-4-15(21)11-13(10-14)18(22)16-6-5-12(7-8-20)9-17(16)19/h5-6,9,13-15H,2-4,7,10-11H2,1H3. The fraction of sp³-hybridized carbons (Fsp3) is 0.556. The quantitative estimate of drug-likeness (QED) is 0.804. The van der Waals surface area contributed by atoms with E-state index in [2.05, 4.69) is 11.9 Å². The molecule has 2 bridgehead atoms. The molecule has 2 fully saturated rings. The zero-order valence-electron chi connectivity index (χ0n) is 12.9. The number of hydrogen-bond acceptors (Lipinski definition) is 3. The lowest BCUT2D eigenvalue weighted by Gasteiger charge is -2.46. The van der Waals surface area contributed by atoms with Gasteiger partial charge in [-0.2, -0.15) is 5.26 Å². The van der Waals surface area contributed by atoms with Crippen molar-refractivity contribution < 1.29 is 9.18 Å². The summed E-state index contributed by atoms with van der Waals surface area (Å²) in [5.74, 6) is -0.615. The molecule has 3 rings (SSSR count). The van der Waals surface area contributed by atoms with Crippen molar-refractivity contribution in [2.75, 3.05) is 7.05 Å². The van der Waals surface area contributed by atoms with Crippen molar-refractivity contribution in [2.45, 2.75) is 50.6 Å². The maximum absolute atomic E-state index is 14.2. The van der Waals surface area contributed by atoms with Crippen molar-refractivity contribution in [3.05, 3.63) is 35.1 Å². The largest absolute Gasteiger partial charge is 0.300 e. The van der Waals surface area contributed by atoms with Gasteiger partial charge in [0.25, 0.3) is 0 Å². The lowest BCUT2D eigenvalue weighted by molar-refractivity contribution is 0.0337. The van der Waals surface area contributed by atoms with Gasteiger partial charge in [0.2, 0.25) is 0 Å². The van der Waals surface area contributed by atoms with E-state index in [0.29, 0.717) is 17.6 Å². The van der Waals surface area contributed by atoms with Crippen LogP contribution in [0.25, 0.3) is 0 Å². The molecule has 2 atom stereocenters. The maximum Gasteiger partial charge on any atom is 0.169 e. The minimum absolute atomic E-state index is 0.0639. The summed E-state index contributed by atoms with van der Waals surface area (Å²) in [5, 5.41) is 8.67. The molecule has 1 aromatic carbocycles. The molecular formula is C18H21FN2O. The van der Waals surface area contributed by atoms with Crippen LogP contribution in [-0.4, -0.2) is 29.8 Å². The van der Waals surface area contributed by atoms with Crippen molar-refractivity contribution in [3.63, 3.8) is 0 Å². The molecule has 0 radical (unpaired) electrons. The van der Waals surface area contributed by atoms with Crippen LogP contribution in [0.5, 0.6) is 0 Å². The van der Waals surface area contributed by atoms with Crippen LogP contribution in [0, 0.1) is 23.1 Å². The van der Waals surface area contributed by atoms with E-state index < -0.39 is 5.82 Å². The van der Waals surface area contributed by atoms with E-state index in [-0.39, 0.29) is 23.7 Å². The molecule has 2 saturated heterocycles. The number of hydrogen-bond donors (Lipinski definition) is 0. The van der Waals surface area contributed by atoms with Crippen molar-refractivity contribution in [2.24, 2.45) is 5.92 Å². The smallest absolute Gasteiger partial charge is 0.169 e. The Hall–Kier alpha value is -1.73. The summed E-state index contributed by atoms with van der Waals surface area (Å²) < 4.78 is 14.2. The van der Waals surface area contributed by atoms with Crippen molar-refractivity contribution in [1.82, 2.24) is 4.90 Å². The predicted octanol–water partition coefficient (Wildman–Crippen LogP) is 3.34. The highest BCUT2D eigenvalue weighted by atomic mass is 19.1. The van der Waals surface area contributed by atoms with Gasteiger partial charge in [0, 0.05) is 18.0 Å². The van der Waals surface area contributed by atoms with Gasteiger partial charge < -0.3 is 4.90 Å². The number of nitriles is 1. The first-order chi connectivity index (χ1) is 10.6. The third-order valence-corrected chi connectivity index (χ3v) is 5.29. The molecule has 0 N–H and O–H groups in total. The highest BCUT2D eigenvalue weighted by molar-refractivity contribution is 5.98. The molecule has 3 nitrogen and oxygen atoms in total. The SMILES string of the molecule is CN1C2CCCC1CC(C(=O)c1ccc(CC#N)cc1F)C2. The number of carbonyl (C=O) groups excluding carboxylic acids is 1. The fourth-order valence-corrected chi connectivity index (χ4v) is 4.01. The zero-order valence-corrected chi connectivity index (χ0v) is 12.9. The van der Waals surface area contributed by atoms with Crippen LogP contribution >= 0.6 is 0 Å². The van der Waals surface area contributed by atoms with E-state index in [1.807, 2.05) is 6.07 Å². The summed E-state index contributed by atoms with van der Waals surface area (Å²) in [6, 6.07) is 7.49. The molecule has 22 heavy (non-hydrogen) atoms. The summed E-state index contributed by atoms with van der Waals surface area (Å²) in [6.07, 6.45) is 5.36. The van der Waals surface area contributed by atoms with Gasteiger partial charge in [-0.05, 0) is 50.4 Å². The van der Waals surface area contributed by atoms with Crippen LogP contribution < -0.4 is 0 Å². The Kier molecular flexibility index (Phi) is 4.26. The van der Waals surface area contributed by atoms with E-state index in [1.54, 1.807) is 12.1 Å². The van der Waals surface area contributed by atoms with E-state index in [9.17, 15) is 9.18 Å². The van der Waals surface area contributed by atoms with Gasteiger partial charge in [-0.15, -0.1) is 0 Å². The third-order valence-electron chi connectivity index (χ3n) is 5.29. The van der Waals surface area contributed by atoms with Gasteiger partial charge in [-0.25, -0.2) is 4.39 Å². The lowest BCUT2D eigenvalue weighted by atomic mass is 9.76. The van der Waals surface area contributed by atoms with Crippen LogP contribution in [0.3, 0.4) is 0 Å². The number of benzene rings is 1. The van der Waals surface area contributed by atoms with E-state index in [4.69, 9.17) is 5.26 Å². The number of halogens is 1. The molecule has 0 aromatic heterocycles. The van der Waals surface area contributed by atoms with Gasteiger partial charge in [-0.1, -0.05) is 12.5 Å². The molecular weight excluding hydrogens is 279 g/mol. The van der Waals surface area contributed by atoms with E-state index >= 15 is 0 Å². The Morgan fingerprint density at radius 2 is 2.05 bits per heavy atom. The Bertz CT molecular complexity index is 608. The van der Waals surface area contributed by atoms with E-state index in [1.165, 1.54) is 12.5 Å². The molecule has 1 aromatic rings. The minimum Gasteiger partial charge on any atom is -0.300 e. The molecule has 2 unspecified atom stereocenters. The average molecular weight is 300 g/mol. The fourth-order valence-electron chi connectivity index (χ4n) is 4.01. The van der Waals surface area contributed by atoms with Crippen molar-refractivity contribution in [3.8, 4) is 6.07 Å². The zero-order chi connectivity index (χ0) is 15.7. The lowest BCUT2D eigenvalue weighted by Crippen LogP contribution is -2.51. The van der Waals surface area contributed by atoms with Crippen LogP contribution in [0.15, 0.2) is 18.2 Å². The normalized spacial score (nSPS) is 28.1. The maximum atomic E-state index is 14.2. The Balaban J connectivity index is 1.78. The minimum atomic E-state index is -0.484. The molecule has 2 heterocycles. The first kappa shape index (κ1) is 15.2. The first-order valence-corrected chi connectivity index (χ1v) is 8.01. The van der Waals surface area contributed by atoms with Gasteiger partial charge in [-0.3, -0.25) is 4.79 Å². The molecule has 2 aliphatic heterocycles. The first-order valence-electron chi connectivity index (χ1n) is 8.01. The number of Topliss-reactive ketones (excluding diaryl/α,β-unsaturated/α-hetero) is 1. The molecule has 0 spiro atoms. The van der Waals surface area contributed by atoms with Gasteiger partial charge in [0.15, 0.2) is 5.78 Å². The average Bonchev–Trinajstić information content (AvgIpc) is 2.47. The van der Waals surface area contributed by atoms with Gasteiger partial charge in [0.05, 0.1) is 18.1 Å². The second-order valence-corrected chi connectivity index (χ2v) is 6.59. The van der Waals surface area contributed by atoms with Crippen molar-refractivity contribution in [1.29, 1.82) is 5.26 Å². The summed E-state index contributed by atoms with van der Waals surface area (Å²) in [4.78, 5) is 15.1. The Morgan fingerprint density at radius 1 is 1.36 bits per heavy atom. The monoisotopic (exact) mass is 300 g/mol. The molecule has 4 heteroatoms. The summed E-state index contributed by atoms with van der Waals surface area (Å²) in [7, 11) is 2.15. The van der Waals surface area contributed by atoms with Crippen LogP contribution in [0.2, 0.25) is 0 Å². The topological polar surface area (TPSA) is 44.1 Å². The molecule has 0 saturated carbocycles. The second-order valence-electron chi connectivity index (χ2n) is 6.59. The van der Waals surface area contributed by atoms with Crippen LogP contribution in [0.1, 0.15) is 48.0 Å².